The average molecular weight is 278 g/mol. The van der Waals surface area contributed by atoms with E-state index in [1.54, 1.807) is 17.8 Å². The van der Waals surface area contributed by atoms with Crippen LogP contribution in [0.15, 0.2) is 41.3 Å². The molecular formula is C15H16ClNS. The van der Waals surface area contributed by atoms with Gasteiger partial charge in [-0.15, -0.1) is 11.8 Å². The topological polar surface area (TPSA) is 26.0 Å². The summed E-state index contributed by atoms with van der Waals surface area (Å²) in [5, 5.41) is 0.684. The number of aryl methyl sites for hydroxylation is 2. The summed E-state index contributed by atoms with van der Waals surface area (Å²) in [6.45, 7) is 4.25. The molecule has 0 heterocycles. The van der Waals surface area contributed by atoms with Crippen LogP contribution in [-0.4, -0.2) is 0 Å². The van der Waals surface area contributed by atoms with Crippen molar-refractivity contribution in [2.75, 3.05) is 5.73 Å². The Hall–Kier alpha value is -1.12. The van der Waals surface area contributed by atoms with Gasteiger partial charge >= 0.3 is 0 Å². The Labute approximate surface area is 117 Å². The van der Waals surface area contributed by atoms with E-state index in [4.69, 9.17) is 17.3 Å². The number of hydrogen-bond donors (Lipinski definition) is 1. The van der Waals surface area contributed by atoms with E-state index in [1.807, 2.05) is 12.1 Å². The highest BCUT2D eigenvalue weighted by Gasteiger charge is 2.04. The first kappa shape index (κ1) is 13.3. The Morgan fingerprint density at radius 2 is 1.89 bits per heavy atom. The fraction of sp³-hybridized carbons (Fsp3) is 0.200. The Balaban J connectivity index is 2.13. The van der Waals surface area contributed by atoms with Crippen LogP contribution in [0.2, 0.25) is 5.02 Å². The molecule has 0 unspecified atom stereocenters. The number of nitrogens with two attached hydrogens (primary N) is 1. The van der Waals surface area contributed by atoms with Crippen LogP contribution in [0, 0.1) is 13.8 Å². The Morgan fingerprint density at radius 3 is 2.61 bits per heavy atom. The van der Waals surface area contributed by atoms with Gasteiger partial charge in [-0.25, -0.2) is 0 Å². The summed E-state index contributed by atoms with van der Waals surface area (Å²) in [6.07, 6.45) is 0. The maximum absolute atomic E-state index is 5.95. The lowest BCUT2D eigenvalue weighted by molar-refractivity contribution is 1.27. The second-order valence-electron chi connectivity index (χ2n) is 4.40. The molecule has 0 aromatic heterocycles. The summed E-state index contributed by atoms with van der Waals surface area (Å²) in [5.41, 5.74) is 10.7. The van der Waals surface area contributed by atoms with Crippen LogP contribution in [0.1, 0.15) is 16.7 Å². The van der Waals surface area contributed by atoms with Crippen molar-refractivity contribution in [1.82, 2.24) is 0 Å². The lowest BCUT2D eigenvalue weighted by Gasteiger charge is -2.09. The van der Waals surface area contributed by atoms with E-state index < -0.39 is 0 Å². The van der Waals surface area contributed by atoms with Gasteiger partial charge in [0.05, 0.1) is 0 Å². The standard InChI is InChI=1S/C15H16ClNS/c1-10-3-4-11(2)12(7-10)9-18-15-6-5-13(16)8-14(15)17/h3-8H,9,17H2,1-2H3. The molecule has 1 nitrogen and oxygen atoms in total. The van der Waals surface area contributed by atoms with Gasteiger partial charge in [0.15, 0.2) is 0 Å². The first-order valence-electron chi connectivity index (χ1n) is 5.80. The van der Waals surface area contributed by atoms with E-state index in [2.05, 4.69) is 32.0 Å². The second-order valence-corrected chi connectivity index (χ2v) is 5.85. The van der Waals surface area contributed by atoms with Crippen molar-refractivity contribution in [2.45, 2.75) is 24.5 Å². The van der Waals surface area contributed by atoms with E-state index in [-0.39, 0.29) is 0 Å². The Kier molecular flexibility index (Phi) is 4.20. The third kappa shape index (κ3) is 3.21. The van der Waals surface area contributed by atoms with E-state index in [9.17, 15) is 0 Å². The molecule has 18 heavy (non-hydrogen) atoms. The van der Waals surface area contributed by atoms with Crippen molar-refractivity contribution >= 4 is 29.1 Å². The summed E-state index contributed by atoms with van der Waals surface area (Å²) in [7, 11) is 0. The first-order chi connectivity index (χ1) is 8.56. The van der Waals surface area contributed by atoms with Gasteiger partial charge in [0, 0.05) is 21.4 Å². The minimum atomic E-state index is 0.684. The zero-order valence-corrected chi connectivity index (χ0v) is 12.1. The number of benzene rings is 2. The zero-order chi connectivity index (χ0) is 13.1. The largest absolute Gasteiger partial charge is 0.398 e. The van der Waals surface area contributed by atoms with Gasteiger partial charge in [-0.05, 0) is 43.2 Å². The van der Waals surface area contributed by atoms with Gasteiger partial charge in [0.25, 0.3) is 0 Å². The van der Waals surface area contributed by atoms with Gasteiger partial charge in [-0.1, -0.05) is 35.4 Å². The number of hydrogen-bond acceptors (Lipinski definition) is 2. The van der Waals surface area contributed by atoms with Crippen molar-refractivity contribution in [3.63, 3.8) is 0 Å². The molecule has 0 aliphatic heterocycles. The van der Waals surface area contributed by atoms with Crippen LogP contribution in [0.3, 0.4) is 0 Å². The van der Waals surface area contributed by atoms with Crippen molar-refractivity contribution in [2.24, 2.45) is 0 Å². The van der Waals surface area contributed by atoms with Gasteiger partial charge in [-0.3, -0.25) is 0 Å². The van der Waals surface area contributed by atoms with E-state index in [0.717, 1.165) is 16.3 Å². The molecule has 0 radical (unpaired) electrons. The SMILES string of the molecule is Cc1ccc(C)c(CSc2ccc(Cl)cc2N)c1. The summed E-state index contributed by atoms with van der Waals surface area (Å²) >= 11 is 7.64. The third-order valence-electron chi connectivity index (χ3n) is 2.86. The summed E-state index contributed by atoms with van der Waals surface area (Å²) in [4.78, 5) is 1.08. The normalized spacial score (nSPS) is 10.6. The lowest BCUT2D eigenvalue weighted by atomic mass is 10.1. The summed E-state index contributed by atoms with van der Waals surface area (Å²) in [5.74, 6) is 0.930. The minimum absolute atomic E-state index is 0.684. The van der Waals surface area contributed by atoms with Crippen LogP contribution in [-0.2, 0) is 5.75 Å². The fourth-order valence-electron chi connectivity index (χ4n) is 1.76. The van der Waals surface area contributed by atoms with Crippen LogP contribution >= 0.6 is 23.4 Å². The molecule has 0 saturated heterocycles. The highest BCUT2D eigenvalue weighted by molar-refractivity contribution is 7.98. The van der Waals surface area contributed by atoms with Gasteiger partial charge in [-0.2, -0.15) is 0 Å². The Morgan fingerprint density at radius 1 is 1.11 bits per heavy atom. The number of nitrogen functional groups attached to an aromatic ring is 1. The second kappa shape index (κ2) is 5.68. The van der Waals surface area contributed by atoms with Crippen LogP contribution in [0.5, 0.6) is 0 Å². The fourth-order valence-corrected chi connectivity index (χ4v) is 2.95. The quantitative estimate of drug-likeness (QED) is 0.642. The summed E-state index contributed by atoms with van der Waals surface area (Å²) in [6, 6.07) is 12.2. The molecular weight excluding hydrogens is 262 g/mol. The van der Waals surface area contributed by atoms with Crippen molar-refractivity contribution < 1.29 is 0 Å². The Bertz CT molecular complexity index is 566. The van der Waals surface area contributed by atoms with E-state index in [0.29, 0.717) is 5.02 Å². The monoisotopic (exact) mass is 277 g/mol. The molecule has 2 N–H and O–H groups in total. The molecule has 0 saturated carbocycles. The molecule has 0 spiro atoms. The number of halogens is 1. The lowest BCUT2D eigenvalue weighted by Crippen LogP contribution is -1.91. The van der Waals surface area contributed by atoms with Crippen LogP contribution in [0.4, 0.5) is 5.69 Å². The summed E-state index contributed by atoms with van der Waals surface area (Å²) < 4.78 is 0. The molecule has 2 aromatic carbocycles. The number of anilines is 1. The van der Waals surface area contributed by atoms with Gasteiger partial charge in [0.2, 0.25) is 0 Å². The highest BCUT2D eigenvalue weighted by atomic mass is 35.5. The van der Waals surface area contributed by atoms with Crippen molar-refractivity contribution in [3.05, 3.63) is 58.1 Å². The molecule has 0 fully saturated rings. The smallest absolute Gasteiger partial charge is 0.0467 e. The van der Waals surface area contributed by atoms with Gasteiger partial charge < -0.3 is 5.73 Å². The molecule has 2 rings (SSSR count). The molecule has 2 aromatic rings. The maximum Gasteiger partial charge on any atom is 0.0467 e. The van der Waals surface area contributed by atoms with Crippen molar-refractivity contribution in [1.29, 1.82) is 0 Å². The maximum atomic E-state index is 5.95. The highest BCUT2D eigenvalue weighted by Crippen LogP contribution is 2.31. The molecule has 0 bridgehead atoms. The molecule has 3 heteroatoms. The molecule has 0 aliphatic rings. The molecule has 0 aliphatic carbocycles. The van der Waals surface area contributed by atoms with E-state index >= 15 is 0 Å². The van der Waals surface area contributed by atoms with E-state index in [1.165, 1.54) is 16.7 Å². The predicted molar refractivity (Wildman–Crippen MR) is 81.3 cm³/mol. The van der Waals surface area contributed by atoms with Crippen LogP contribution in [0.25, 0.3) is 0 Å². The number of thioether (sulfide) groups is 1. The minimum Gasteiger partial charge on any atom is -0.398 e. The van der Waals surface area contributed by atoms with Crippen molar-refractivity contribution in [3.8, 4) is 0 Å². The third-order valence-corrected chi connectivity index (χ3v) is 4.23. The van der Waals surface area contributed by atoms with Crippen LogP contribution < -0.4 is 5.73 Å². The van der Waals surface area contributed by atoms with Gasteiger partial charge in [0.1, 0.15) is 0 Å². The number of rotatable bonds is 3. The average Bonchev–Trinajstić information content (AvgIpc) is 2.32. The molecule has 0 amide bonds. The molecule has 94 valence electrons. The molecule has 0 atom stereocenters. The zero-order valence-electron chi connectivity index (χ0n) is 10.5. The first-order valence-corrected chi connectivity index (χ1v) is 7.16. The predicted octanol–water partition coefficient (Wildman–Crippen LogP) is 4.83.